The third-order valence-electron chi connectivity index (χ3n) is 2.76. The minimum Gasteiger partial charge on any atom is -0.351 e. The standard InChI is InChI=1S/C13H17BrN2O3/c1-9-4-5-10(6-11(9)16(18)19)12(17)15-8-13(2,3)7-14/h4-6H,7-8H2,1-3H3,(H,15,17). The topological polar surface area (TPSA) is 72.2 Å². The number of carbonyl (C=O) groups is 1. The number of nitro groups is 1. The van der Waals surface area contributed by atoms with Crippen LogP contribution >= 0.6 is 15.9 Å². The van der Waals surface area contributed by atoms with Gasteiger partial charge in [0.25, 0.3) is 11.6 Å². The van der Waals surface area contributed by atoms with Crippen LogP contribution in [0.3, 0.4) is 0 Å². The average Bonchev–Trinajstić information content (AvgIpc) is 2.36. The van der Waals surface area contributed by atoms with E-state index in [4.69, 9.17) is 0 Å². The molecule has 1 aromatic rings. The van der Waals surface area contributed by atoms with Crippen LogP contribution in [0.5, 0.6) is 0 Å². The van der Waals surface area contributed by atoms with Crippen LogP contribution in [-0.2, 0) is 0 Å². The van der Waals surface area contributed by atoms with E-state index in [2.05, 4.69) is 21.2 Å². The lowest BCUT2D eigenvalue weighted by Gasteiger charge is -2.21. The van der Waals surface area contributed by atoms with Crippen LogP contribution in [0.4, 0.5) is 5.69 Å². The fourth-order valence-electron chi connectivity index (χ4n) is 1.42. The molecular weight excluding hydrogens is 312 g/mol. The molecule has 0 saturated heterocycles. The Balaban J connectivity index is 2.84. The molecule has 0 atom stereocenters. The molecule has 1 rings (SSSR count). The van der Waals surface area contributed by atoms with E-state index >= 15 is 0 Å². The number of nitrogens with one attached hydrogen (secondary N) is 1. The Morgan fingerprint density at radius 1 is 1.47 bits per heavy atom. The molecule has 0 unspecified atom stereocenters. The molecule has 1 aromatic carbocycles. The molecule has 6 heteroatoms. The molecule has 0 bridgehead atoms. The molecule has 0 saturated carbocycles. The molecule has 0 heterocycles. The third-order valence-corrected chi connectivity index (χ3v) is 4.28. The lowest BCUT2D eigenvalue weighted by molar-refractivity contribution is -0.385. The SMILES string of the molecule is Cc1ccc(C(=O)NCC(C)(C)CBr)cc1[N+](=O)[O-]. The summed E-state index contributed by atoms with van der Waals surface area (Å²) in [4.78, 5) is 22.3. The predicted molar refractivity (Wildman–Crippen MR) is 77.7 cm³/mol. The Morgan fingerprint density at radius 2 is 2.11 bits per heavy atom. The van der Waals surface area contributed by atoms with Gasteiger partial charge in [-0.05, 0) is 18.4 Å². The summed E-state index contributed by atoms with van der Waals surface area (Å²) in [6.07, 6.45) is 0. The molecule has 104 valence electrons. The summed E-state index contributed by atoms with van der Waals surface area (Å²) in [5.41, 5.74) is 0.754. The average molecular weight is 329 g/mol. The van der Waals surface area contributed by atoms with Gasteiger partial charge in [0.2, 0.25) is 0 Å². The number of hydrogen-bond donors (Lipinski definition) is 1. The molecule has 0 radical (unpaired) electrons. The third kappa shape index (κ3) is 4.31. The van der Waals surface area contributed by atoms with Gasteiger partial charge in [0.1, 0.15) is 0 Å². The van der Waals surface area contributed by atoms with Crippen LogP contribution in [0.15, 0.2) is 18.2 Å². The highest BCUT2D eigenvalue weighted by atomic mass is 79.9. The van der Waals surface area contributed by atoms with Gasteiger partial charge in [-0.25, -0.2) is 0 Å². The number of aryl methyl sites for hydroxylation is 1. The number of halogens is 1. The van der Waals surface area contributed by atoms with Gasteiger partial charge in [-0.1, -0.05) is 35.8 Å². The monoisotopic (exact) mass is 328 g/mol. The lowest BCUT2D eigenvalue weighted by atomic mass is 9.96. The fraction of sp³-hybridized carbons (Fsp3) is 0.462. The zero-order valence-corrected chi connectivity index (χ0v) is 12.8. The van der Waals surface area contributed by atoms with Crippen molar-refractivity contribution in [2.45, 2.75) is 20.8 Å². The number of nitrogens with zero attached hydrogens (tertiary/aromatic N) is 1. The van der Waals surface area contributed by atoms with E-state index in [1.165, 1.54) is 6.07 Å². The van der Waals surface area contributed by atoms with Crippen molar-refractivity contribution in [2.24, 2.45) is 5.41 Å². The molecule has 1 N–H and O–H groups in total. The molecule has 0 aliphatic carbocycles. The van der Waals surface area contributed by atoms with Crippen LogP contribution in [0.1, 0.15) is 29.8 Å². The smallest absolute Gasteiger partial charge is 0.273 e. The Kier molecular flexibility index (Phi) is 5.05. The van der Waals surface area contributed by atoms with Crippen molar-refractivity contribution >= 4 is 27.5 Å². The van der Waals surface area contributed by atoms with Crippen molar-refractivity contribution in [1.29, 1.82) is 0 Å². The van der Waals surface area contributed by atoms with E-state index in [9.17, 15) is 14.9 Å². The Labute approximate surface area is 120 Å². The number of amides is 1. The van der Waals surface area contributed by atoms with Crippen molar-refractivity contribution in [3.05, 3.63) is 39.4 Å². The van der Waals surface area contributed by atoms with Crippen molar-refractivity contribution in [1.82, 2.24) is 5.32 Å². The van der Waals surface area contributed by atoms with Gasteiger partial charge < -0.3 is 5.32 Å². The number of benzene rings is 1. The van der Waals surface area contributed by atoms with Gasteiger partial charge in [0, 0.05) is 29.1 Å². The molecule has 0 spiro atoms. The predicted octanol–water partition coefficient (Wildman–Crippen LogP) is 3.05. The van der Waals surface area contributed by atoms with Crippen LogP contribution in [0, 0.1) is 22.5 Å². The summed E-state index contributed by atoms with van der Waals surface area (Å²) in [7, 11) is 0. The van der Waals surface area contributed by atoms with Crippen LogP contribution in [0.25, 0.3) is 0 Å². The summed E-state index contributed by atoms with van der Waals surface area (Å²) in [5.74, 6) is -0.294. The Bertz CT molecular complexity index is 501. The number of carbonyl (C=O) groups excluding carboxylic acids is 1. The Hall–Kier alpha value is -1.43. The second-order valence-electron chi connectivity index (χ2n) is 5.24. The second kappa shape index (κ2) is 6.14. The maximum atomic E-state index is 11.9. The van der Waals surface area contributed by atoms with E-state index < -0.39 is 4.92 Å². The van der Waals surface area contributed by atoms with Gasteiger partial charge >= 0.3 is 0 Å². The van der Waals surface area contributed by atoms with Gasteiger partial charge in [0.05, 0.1) is 4.92 Å². The van der Waals surface area contributed by atoms with Gasteiger partial charge in [0.15, 0.2) is 0 Å². The maximum Gasteiger partial charge on any atom is 0.273 e. The first-order valence-corrected chi connectivity index (χ1v) is 6.98. The van der Waals surface area contributed by atoms with E-state index in [-0.39, 0.29) is 17.0 Å². The minimum absolute atomic E-state index is 0.0348. The summed E-state index contributed by atoms with van der Waals surface area (Å²) >= 11 is 3.38. The van der Waals surface area contributed by atoms with Crippen molar-refractivity contribution in [2.75, 3.05) is 11.9 Å². The Morgan fingerprint density at radius 3 is 2.63 bits per heavy atom. The van der Waals surface area contributed by atoms with Crippen LogP contribution < -0.4 is 5.32 Å². The molecule has 19 heavy (non-hydrogen) atoms. The fourth-order valence-corrected chi connectivity index (χ4v) is 1.61. The molecule has 0 aliphatic rings. The van der Waals surface area contributed by atoms with Crippen molar-refractivity contribution in [3.63, 3.8) is 0 Å². The maximum absolute atomic E-state index is 11.9. The van der Waals surface area contributed by atoms with Crippen molar-refractivity contribution < 1.29 is 9.72 Å². The summed E-state index contributed by atoms with van der Waals surface area (Å²) in [5, 5.41) is 14.4. The number of nitro benzene ring substituents is 1. The molecule has 5 nitrogen and oxygen atoms in total. The first-order chi connectivity index (χ1) is 8.76. The van der Waals surface area contributed by atoms with Crippen LogP contribution in [0.2, 0.25) is 0 Å². The summed E-state index contributed by atoms with van der Waals surface area (Å²) in [6.45, 7) is 6.17. The van der Waals surface area contributed by atoms with Crippen molar-refractivity contribution in [3.8, 4) is 0 Å². The molecule has 0 fully saturated rings. The zero-order chi connectivity index (χ0) is 14.6. The largest absolute Gasteiger partial charge is 0.351 e. The summed E-state index contributed by atoms with van der Waals surface area (Å²) in [6, 6.07) is 4.49. The first kappa shape index (κ1) is 15.6. The minimum atomic E-state index is -0.478. The van der Waals surface area contributed by atoms with Crippen LogP contribution in [-0.4, -0.2) is 22.7 Å². The normalized spacial score (nSPS) is 11.2. The second-order valence-corrected chi connectivity index (χ2v) is 5.80. The first-order valence-electron chi connectivity index (χ1n) is 5.86. The van der Waals surface area contributed by atoms with E-state index in [0.717, 1.165) is 5.33 Å². The highest BCUT2D eigenvalue weighted by Crippen LogP contribution is 2.20. The summed E-state index contributed by atoms with van der Waals surface area (Å²) < 4.78 is 0. The zero-order valence-electron chi connectivity index (χ0n) is 11.2. The van der Waals surface area contributed by atoms with E-state index in [1.807, 2.05) is 13.8 Å². The van der Waals surface area contributed by atoms with Gasteiger partial charge in [-0.3, -0.25) is 14.9 Å². The molecule has 0 aliphatic heterocycles. The number of hydrogen-bond acceptors (Lipinski definition) is 3. The lowest BCUT2D eigenvalue weighted by Crippen LogP contribution is -2.34. The quantitative estimate of drug-likeness (QED) is 0.513. The van der Waals surface area contributed by atoms with Gasteiger partial charge in [-0.15, -0.1) is 0 Å². The number of rotatable bonds is 5. The number of alkyl halides is 1. The highest BCUT2D eigenvalue weighted by molar-refractivity contribution is 9.09. The molecule has 0 aromatic heterocycles. The molecular formula is C13H17BrN2O3. The van der Waals surface area contributed by atoms with E-state index in [0.29, 0.717) is 17.7 Å². The highest BCUT2D eigenvalue weighted by Gasteiger charge is 2.19. The molecule has 1 amide bonds. The van der Waals surface area contributed by atoms with Gasteiger partial charge in [-0.2, -0.15) is 0 Å². The van der Waals surface area contributed by atoms with E-state index in [1.54, 1.807) is 19.1 Å².